The van der Waals surface area contributed by atoms with Crippen molar-refractivity contribution in [1.29, 1.82) is 0 Å². The predicted octanol–water partition coefficient (Wildman–Crippen LogP) is 6.23. The number of esters is 1. The lowest BCUT2D eigenvalue weighted by Gasteiger charge is -2.23. The molecule has 0 aliphatic rings. The molecule has 0 unspecified atom stereocenters. The minimum Gasteiger partial charge on any atom is -0.469 e. The van der Waals surface area contributed by atoms with Crippen LogP contribution in [0.4, 0.5) is 13.6 Å². The molecule has 0 aliphatic carbocycles. The molecule has 28 heteroatoms. The van der Waals surface area contributed by atoms with E-state index in [4.69, 9.17) is 20.9 Å². The van der Waals surface area contributed by atoms with Gasteiger partial charge in [0.2, 0.25) is 29.5 Å². The van der Waals surface area contributed by atoms with Crippen molar-refractivity contribution >= 4 is 127 Å². The summed E-state index contributed by atoms with van der Waals surface area (Å²) in [4.78, 5) is 139. The van der Waals surface area contributed by atoms with Crippen molar-refractivity contribution in [3.63, 3.8) is 0 Å². The maximum Gasteiger partial charge on any atom is 0.408 e. The molecular weight excluding hydrogens is 1330 g/mol. The largest absolute Gasteiger partial charge is 0.469 e. The Morgan fingerprint density at radius 3 is 1.28 bits per heavy atom. The Morgan fingerprint density at radius 1 is 0.521 bits per heavy atom. The number of carbonyl (C=O) groups is 11. The van der Waals surface area contributed by atoms with Gasteiger partial charge in [0.05, 0.1) is 44.2 Å². The molecule has 0 aliphatic heterocycles. The van der Waals surface area contributed by atoms with Crippen molar-refractivity contribution in [1.82, 2.24) is 26.6 Å². The number of carbonyl (C=O) groups excluding carboxylic acids is 11. The van der Waals surface area contributed by atoms with E-state index in [2.05, 4.69) is 71.3 Å². The molecule has 9 N–H and O–H groups in total. The molecule has 6 atom stereocenters. The average Bonchev–Trinajstić information content (AvgIpc) is 0.957. The minimum absolute atomic E-state index is 0.00673. The number of primary amides is 1. The van der Waals surface area contributed by atoms with E-state index < -0.39 is 107 Å². The van der Waals surface area contributed by atoms with Crippen molar-refractivity contribution in [3.05, 3.63) is 143 Å². The van der Waals surface area contributed by atoms with Crippen LogP contribution in [0.25, 0.3) is 0 Å². The molecule has 0 aromatic heterocycles. The van der Waals surface area contributed by atoms with Gasteiger partial charge >= 0.3 is 12.1 Å². The van der Waals surface area contributed by atoms with Crippen LogP contribution in [-0.2, 0) is 146 Å². The maximum absolute atomic E-state index is 13.4. The SMILES string of the molecule is CC(C)C[C@H](CC(=O)[C@H](Cc1ccccc1)NC(=O)CCC(=O)CNC(=O)[C@@H](N)Cc1ccc(F)cc1)C(N)=O.COC(=O)[C@@H](CC(=O)[C@H](Cc1ccccc1)NC(=O)CCC(=O)CNC(=O)[C@H](Cc1ccc(F)cc1)NC(=O)OC(C)(C)C)CC(C)C.S=S.S=S=S=S. The number of amides is 6. The van der Waals surface area contributed by atoms with E-state index in [9.17, 15) is 61.5 Å². The summed E-state index contributed by atoms with van der Waals surface area (Å²) in [6.45, 7) is 12.0. The summed E-state index contributed by atoms with van der Waals surface area (Å²) in [6.07, 6.45) is -0.313. The number of alkyl carbamates (subject to hydrolysis) is 1. The first kappa shape index (κ1) is 84.8. The number of nitrogens with one attached hydrogen (secondary N) is 5. The summed E-state index contributed by atoms with van der Waals surface area (Å²) in [6, 6.07) is 25.4. The van der Waals surface area contributed by atoms with Gasteiger partial charge in [-0.3, -0.25) is 47.9 Å². The zero-order valence-corrected chi connectivity index (χ0v) is 59.0. The Labute approximate surface area is 574 Å². The van der Waals surface area contributed by atoms with Crippen LogP contribution < -0.4 is 38.1 Å². The number of hydrogen-bond acceptors (Lipinski definition) is 18. The molecule has 4 aromatic rings. The summed E-state index contributed by atoms with van der Waals surface area (Å²) < 4.78 is 36.6. The van der Waals surface area contributed by atoms with Crippen molar-refractivity contribution in [2.24, 2.45) is 35.1 Å². The van der Waals surface area contributed by atoms with E-state index in [0.29, 0.717) is 24.0 Å². The lowest BCUT2D eigenvalue weighted by molar-refractivity contribution is -0.148. The molecule has 94 heavy (non-hydrogen) atoms. The highest BCUT2D eigenvalue weighted by atomic mass is 33.2. The van der Waals surface area contributed by atoms with E-state index in [1.165, 1.54) is 73.4 Å². The fraction of sp³-hybridized carbons (Fsp3) is 0.470. The number of Topliss-reactive ketones (excluding diaryl/α,β-unsaturated/α-hetero) is 4. The molecule has 20 nitrogen and oxygen atoms in total. The normalized spacial score (nSPS) is 12.6. The molecule has 6 amide bonds. The molecule has 0 fully saturated rings. The molecule has 0 saturated heterocycles. The number of hydrogen-bond donors (Lipinski definition) is 7. The number of benzene rings is 4. The standard InChI is InChI=1S/C36H48FN3O8.C30H39FN4O5.S4.S2/c1-23(2)18-26(34(45)47-6)21-31(42)29(19-24-10-8-7-9-11-24)39-32(43)17-16-28(41)22-38-33(44)30(40-35(46)48-36(3,4)5)20-25-12-14-27(37)15-13-25;1-19(2)14-22(29(33)39)17-27(37)26(16-20-6-4-3-5-7-20)35-28(38)13-12-24(36)18-34-30(40)25(32)15-21-8-10-23(31)11-9-21;1-3-4-2;1-2/h7-15,23,26,29-30H,16-22H2,1-6H3,(H,38,44)(H,39,43)(H,40,46);3-11,19,22,25-26H,12-18,32H2,1-2H3,(H2,33,39)(H,34,40)(H,35,38);;/t26-,29+,30+;22-,25+,26+;;/m11../s1. The van der Waals surface area contributed by atoms with Crippen LogP contribution >= 0.6 is 0 Å². The van der Waals surface area contributed by atoms with Crippen molar-refractivity contribution in [3.8, 4) is 0 Å². The third-order valence-electron chi connectivity index (χ3n) is 13.6. The molecule has 4 aromatic carbocycles. The number of ketones is 4. The fourth-order valence-electron chi connectivity index (χ4n) is 9.15. The highest BCUT2D eigenvalue weighted by Gasteiger charge is 2.31. The summed E-state index contributed by atoms with van der Waals surface area (Å²) in [7, 11) is 3.61. The quantitative estimate of drug-likeness (QED) is 0.0251. The van der Waals surface area contributed by atoms with Crippen LogP contribution in [0, 0.1) is 35.3 Å². The van der Waals surface area contributed by atoms with Gasteiger partial charge in [0, 0.05) is 113 Å². The molecule has 0 radical (unpaired) electrons. The predicted molar refractivity (Wildman–Crippen MR) is 371 cm³/mol. The van der Waals surface area contributed by atoms with E-state index in [0.717, 1.165) is 11.1 Å². The van der Waals surface area contributed by atoms with Crippen LogP contribution in [-0.4, -0.2) is 115 Å². The number of methoxy groups -OCH3 is 1. The Bertz CT molecular complexity index is 3160. The number of halogens is 2. The van der Waals surface area contributed by atoms with Gasteiger partial charge in [0.15, 0.2) is 23.1 Å². The fourth-order valence-corrected chi connectivity index (χ4v) is 9.15. The average molecular weight is 1420 g/mol. The summed E-state index contributed by atoms with van der Waals surface area (Å²) in [5.41, 5.74) is 13.5. The summed E-state index contributed by atoms with van der Waals surface area (Å²) in [5, 5.41) is 12.9. The van der Waals surface area contributed by atoms with Crippen LogP contribution in [0.2, 0.25) is 0 Å². The Morgan fingerprint density at radius 2 is 0.894 bits per heavy atom. The van der Waals surface area contributed by atoms with Crippen LogP contribution in [0.5, 0.6) is 0 Å². The van der Waals surface area contributed by atoms with Gasteiger partial charge in [-0.2, -0.15) is 0 Å². The molecule has 0 spiro atoms. The lowest BCUT2D eigenvalue weighted by Crippen LogP contribution is -2.50. The van der Waals surface area contributed by atoms with Gasteiger partial charge in [-0.05, 0) is 111 Å². The van der Waals surface area contributed by atoms with Crippen molar-refractivity contribution in [2.45, 2.75) is 155 Å². The van der Waals surface area contributed by atoms with Crippen LogP contribution in [0.15, 0.2) is 109 Å². The zero-order chi connectivity index (χ0) is 70.9. The molecule has 0 heterocycles. The van der Waals surface area contributed by atoms with Crippen molar-refractivity contribution in [2.75, 3.05) is 20.2 Å². The first-order chi connectivity index (χ1) is 44.4. The van der Waals surface area contributed by atoms with Gasteiger partial charge in [0.1, 0.15) is 23.3 Å². The van der Waals surface area contributed by atoms with E-state index in [-0.39, 0.29) is 99.9 Å². The topological polar surface area (TPSA) is 318 Å². The Hall–Kier alpha value is -7.21. The monoisotopic (exact) mass is 1420 g/mol. The van der Waals surface area contributed by atoms with E-state index in [1.807, 2.05) is 88.4 Å². The highest BCUT2D eigenvalue weighted by Crippen LogP contribution is 2.21. The van der Waals surface area contributed by atoms with Gasteiger partial charge in [0.25, 0.3) is 0 Å². The first-order valence-electron chi connectivity index (χ1n) is 30.1. The van der Waals surface area contributed by atoms with Gasteiger partial charge < -0.3 is 47.5 Å². The zero-order valence-electron chi connectivity index (χ0n) is 54.1. The van der Waals surface area contributed by atoms with Gasteiger partial charge in [-0.15, -0.1) is 0 Å². The number of rotatable bonds is 35. The second-order valence-electron chi connectivity index (χ2n) is 23.7. The molecule has 514 valence electrons. The number of ether oxygens (including phenoxy) is 2. The minimum atomic E-state index is -1.13. The third-order valence-corrected chi connectivity index (χ3v) is 15.9. The molecule has 4 rings (SSSR count). The van der Waals surface area contributed by atoms with Crippen LogP contribution in [0.3, 0.4) is 0 Å². The second-order valence-corrected chi connectivity index (χ2v) is 27.2. The van der Waals surface area contributed by atoms with Gasteiger partial charge in [-0.25, -0.2) is 13.6 Å². The Balaban J connectivity index is 0.000000878. The maximum atomic E-state index is 13.4. The highest BCUT2D eigenvalue weighted by molar-refractivity contribution is 8.51. The third kappa shape index (κ3) is 38.2. The Kier molecular flexibility index (Phi) is 42.2. The van der Waals surface area contributed by atoms with Crippen molar-refractivity contribution < 1.29 is 71.0 Å². The number of nitrogens with two attached hydrogens (primary N) is 2. The second kappa shape index (κ2) is 46.8. The molecule has 0 bridgehead atoms. The summed E-state index contributed by atoms with van der Waals surface area (Å²) >= 11 is 16.0. The molecule has 0 saturated carbocycles. The smallest absolute Gasteiger partial charge is 0.408 e. The lowest BCUT2D eigenvalue weighted by atomic mass is 9.88. The summed E-state index contributed by atoms with van der Waals surface area (Å²) in [5.74, 6) is -6.60. The van der Waals surface area contributed by atoms with E-state index in [1.54, 1.807) is 20.8 Å². The molecular formula is C66H87F2N7O13S6. The van der Waals surface area contributed by atoms with E-state index >= 15 is 0 Å². The van der Waals surface area contributed by atoms with Gasteiger partial charge in [-0.1, -0.05) is 113 Å². The van der Waals surface area contributed by atoms with Crippen LogP contribution in [0.1, 0.15) is 122 Å². The first-order valence-corrected chi connectivity index (χ1v) is 35.4.